The van der Waals surface area contributed by atoms with E-state index in [0.717, 1.165) is 6.07 Å². The maximum Gasteiger partial charge on any atom is 0.417 e. The van der Waals surface area contributed by atoms with Crippen LogP contribution in [0.5, 0.6) is 5.88 Å². The number of halogens is 4. The molecule has 0 fully saturated rings. The second-order valence-electron chi connectivity index (χ2n) is 5.86. The van der Waals surface area contributed by atoms with E-state index in [4.69, 9.17) is 16.3 Å². The van der Waals surface area contributed by atoms with Gasteiger partial charge in [-0.3, -0.25) is 0 Å². The Balaban J connectivity index is 1.96. The van der Waals surface area contributed by atoms with Gasteiger partial charge in [0, 0.05) is 18.8 Å². The van der Waals surface area contributed by atoms with Crippen LogP contribution in [0.4, 0.5) is 13.2 Å². The van der Waals surface area contributed by atoms with Crippen LogP contribution in [0.1, 0.15) is 30.0 Å². The third kappa shape index (κ3) is 3.77. The van der Waals surface area contributed by atoms with Gasteiger partial charge in [-0.1, -0.05) is 29.8 Å². The molecule has 6 nitrogen and oxygen atoms in total. The highest BCUT2D eigenvalue weighted by molar-refractivity contribution is 6.30. The summed E-state index contributed by atoms with van der Waals surface area (Å²) in [6.45, 7) is 1.63. The summed E-state index contributed by atoms with van der Waals surface area (Å²) in [7, 11) is 1.54. The van der Waals surface area contributed by atoms with Gasteiger partial charge >= 0.3 is 6.18 Å². The summed E-state index contributed by atoms with van der Waals surface area (Å²) in [4.78, 5) is 3.97. The SMILES string of the molecule is C[C@H](Oc1ncc(Cl)cc1C#N)c1nnc(-c2ccccc2C(F)(F)F)n1C. The number of benzene rings is 1. The van der Waals surface area contributed by atoms with Gasteiger partial charge in [-0.15, -0.1) is 10.2 Å². The van der Waals surface area contributed by atoms with Crippen molar-refractivity contribution in [3.63, 3.8) is 0 Å². The summed E-state index contributed by atoms with van der Waals surface area (Å²) < 4.78 is 47.0. The van der Waals surface area contributed by atoms with Crippen molar-refractivity contribution in [3.8, 4) is 23.3 Å². The number of aromatic nitrogens is 4. The molecular formula is C18H13ClF3N5O. The second kappa shape index (κ2) is 7.48. The summed E-state index contributed by atoms with van der Waals surface area (Å²) in [6.07, 6.45) is -3.93. The molecule has 3 aromatic rings. The van der Waals surface area contributed by atoms with E-state index in [9.17, 15) is 18.4 Å². The molecule has 0 radical (unpaired) electrons. The van der Waals surface area contributed by atoms with E-state index in [1.165, 1.54) is 42.1 Å². The molecule has 3 rings (SSSR count). The van der Waals surface area contributed by atoms with Crippen LogP contribution in [0.2, 0.25) is 5.02 Å². The quantitative estimate of drug-likeness (QED) is 0.633. The van der Waals surface area contributed by atoms with Crippen LogP contribution in [0, 0.1) is 11.3 Å². The number of nitriles is 1. The molecule has 0 aliphatic carbocycles. The lowest BCUT2D eigenvalue weighted by molar-refractivity contribution is -0.137. The fourth-order valence-corrected chi connectivity index (χ4v) is 2.83. The minimum atomic E-state index is -4.53. The molecule has 1 aromatic carbocycles. The minimum Gasteiger partial charge on any atom is -0.465 e. The zero-order valence-corrected chi connectivity index (χ0v) is 15.5. The molecule has 0 spiro atoms. The van der Waals surface area contributed by atoms with Gasteiger partial charge in [0.05, 0.1) is 10.6 Å². The van der Waals surface area contributed by atoms with Crippen molar-refractivity contribution in [1.82, 2.24) is 19.7 Å². The molecule has 28 heavy (non-hydrogen) atoms. The lowest BCUT2D eigenvalue weighted by Gasteiger charge is -2.15. The first kappa shape index (κ1) is 19.6. The normalized spacial score (nSPS) is 12.5. The van der Waals surface area contributed by atoms with Crippen molar-refractivity contribution in [2.24, 2.45) is 7.05 Å². The summed E-state index contributed by atoms with van der Waals surface area (Å²) >= 11 is 5.81. The van der Waals surface area contributed by atoms with E-state index in [0.29, 0.717) is 0 Å². The molecule has 1 atom stereocenters. The molecule has 0 bridgehead atoms. The van der Waals surface area contributed by atoms with Crippen LogP contribution >= 0.6 is 11.6 Å². The van der Waals surface area contributed by atoms with Gasteiger partial charge < -0.3 is 9.30 Å². The molecule has 10 heteroatoms. The third-order valence-corrected chi connectivity index (χ3v) is 4.18. The number of alkyl halides is 3. The predicted octanol–water partition coefficient (Wildman–Crippen LogP) is 4.56. The fraction of sp³-hybridized carbons (Fsp3) is 0.222. The van der Waals surface area contributed by atoms with Crippen LogP contribution in [0.15, 0.2) is 36.5 Å². The van der Waals surface area contributed by atoms with Crippen molar-refractivity contribution < 1.29 is 17.9 Å². The zero-order valence-electron chi connectivity index (χ0n) is 14.7. The Morgan fingerprint density at radius 1 is 1.25 bits per heavy atom. The number of rotatable bonds is 4. The predicted molar refractivity (Wildman–Crippen MR) is 94.4 cm³/mol. The Bertz CT molecular complexity index is 1060. The van der Waals surface area contributed by atoms with Crippen molar-refractivity contribution in [2.45, 2.75) is 19.2 Å². The number of nitrogens with zero attached hydrogens (tertiary/aromatic N) is 5. The first-order chi connectivity index (χ1) is 13.2. The lowest BCUT2D eigenvalue weighted by atomic mass is 10.1. The van der Waals surface area contributed by atoms with Gasteiger partial charge in [-0.05, 0) is 19.1 Å². The van der Waals surface area contributed by atoms with E-state index >= 15 is 0 Å². The molecule has 0 aliphatic rings. The first-order valence-electron chi connectivity index (χ1n) is 8.00. The van der Waals surface area contributed by atoms with Crippen molar-refractivity contribution in [3.05, 3.63) is 58.5 Å². The third-order valence-electron chi connectivity index (χ3n) is 3.97. The average molecular weight is 408 g/mol. The van der Waals surface area contributed by atoms with Gasteiger partial charge in [0.15, 0.2) is 17.8 Å². The van der Waals surface area contributed by atoms with Gasteiger partial charge in [-0.2, -0.15) is 18.4 Å². The molecule has 0 unspecified atom stereocenters. The van der Waals surface area contributed by atoms with E-state index in [-0.39, 0.29) is 33.7 Å². The minimum absolute atomic E-state index is 0.0413. The summed E-state index contributed by atoms with van der Waals surface area (Å²) in [6, 6.07) is 8.45. The molecule has 0 saturated carbocycles. The van der Waals surface area contributed by atoms with E-state index in [1.807, 2.05) is 6.07 Å². The molecular weight excluding hydrogens is 395 g/mol. The van der Waals surface area contributed by atoms with Crippen LogP contribution < -0.4 is 4.74 Å². The zero-order chi connectivity index (χ0) is 20.5. The van der Waals surface area contributed by atoms with Crippen LogP contribution in [0.25, 0.3) is 11.4 Å². The average Bonchev–Trinajstić information content (AvgIpc) is 3.03. The van der Waals surface area contributed by atoms with Gasteiger partial charge in [0.25, 0.3) is 0 Å². The topological polar surface area (TPSA) is 76.6 Å². The highest BCUT2D eigenvalue weighted by Crippen LogP contribution is 2.36. The molecule has 0 amide bonds. The first-order valence-corrected chi connectivity index (χ1v) is 8.38. The Hall–Kier alpha value is -3.12. The van der Waals surface area contributed by atoms with E-state index < -0.39 is 17.8 Å². The molecule has 0 N–H and O–H groups in total. The Morgan fingerprint density at radius 2 is 1.96 bits per heavy atom. The molecule has 2 heterocycles. The highest BCUT2D eigenvalue weighted by atomic mass is 35.5. The van der Waals surface area contributed by atoms with Gasteiger partial charge in [0.1, 0.15) is 11.6 Å². The second-order valence-corrected chi connectivity index (χ2v) is 6.30. The molecule has 0 saturated heterocycles. The van der Waals surface area contributed by atoms with Crippen LogP contribution in [-0.4, -0.2) is 19.7 Å². The fourth-order valence-electron chi connectivity index (χ4n) is 2.68. The lowest BCUT2D eigenvalue weighted by Crippen LogP contribution is -2.12. The molecule has 0 aliphatic heterocycles. The monoisotopic (exact) mass is 407 g/mol. The standard InChI is InChI=1S/C18H13ClF3N5O/c1-10(28-17-11(8-23)7-12(19)9-24-17)15-25-26-16(27(15)2)13-5-3-4-6-14(13)18(20,21)22/h3-7,9-10H,1-2H3/t10-/m0/s1. The van der Waals surface area contributed by atoms with E-state index in [1.54, 1.807) is 6.92 Å². The number of hydrogen-bond acceptors (Lipinski definition) is 5. The summed E-state index contributed by atoms with van der Waals surface area (Å²) in [5, 5.41) is 17.3. The smallest absolute Gasteiger partial charge is 0.417 e. The van der Waals surface area contributed by atoms with Gasteiger partial charge in [-0.25, -0.2) is 4.98 Å². The van der Waals surface area contributed by atoms with Crippen LogP contribution in [-0.2, 0) is 13.2 Å². The Kier molecular flexibility index (Phi) is 5.25. The maximum atomic E-state index is 13.3. The number of hydrogen-bond donors (Lipinski definition) is 0. The number of pyridine rings is 1. The summed E-state index contributed by atoms with van der Waals surface area (Å²) in [5.74, 6) is 0.357. The maximum absolute atomic E-state index is 13.3. The largest absolute Gasteiger partial charge is 0.465 e. The van der Waals surface area contributed by atoms with Crippen molar-refractivity contribution in [1.29, 1.82) is 5.26 Å². The molecule has 144 valence electrons. The summed E-state index contributed by atoms with van der Waals surface area (Å²) in [5.41, 5.74) is -0.772. The van der Waals surface area contributed by atoms with Gasteiger partial charge in [0.2, 0.25) is 5.88 Å². The Labute approximate surface area is 163 Å². The highest BCUT2D eigenvalue weighted by Gasteiger charge is 2.35. The van der Waals surface area contributed by atoms with Crippen LogP contribution in [0.3, 0.4) is 0 Å². The Morgan fingerprint density at radius 3 is 2.64 bits per heavy atom. The number of ether oxygens (including phenoxy) is 1. The van der Waals surface area contributed by atoms with Crippen molar-refractivity contribution in [2.75, 3.05) is 0 Å². The molecule has 2 aromatic heterocycles. The van der Waals surface area contributed by atoms with Crippen molar-refractivity contribution >= 4 is 11.6 Å². The van der Waals surface area contributed by atoms with E-state index in [2.05, 4.69) is 15.2 Å².